The minimum atomic E-state index is -1.67. The van der Waals surface area contributed by atoms with Gasteiger partial charge >= 0.3 is 12.1 Å². The summed E-state index contributed by atoms with van der Waals surface area (Å²) in [6.45, 7) is 8.93. The molecule has 0 bridgehead atoms. The average Bonchev–Trinajstić information content (AvgIpc) is 3.12. The number of alkyl carbamates (subject to hydrolysis) is 1. The zero-order valence-electron chi connectivity index (χ0n) is 21.5. The minimum Gasteiger partial charge on any atom is -0.481 e. The zero-order chi connectivity index (χ0) is 25.8. The number of carboxylic acid groups (broad SMARTS) is 1. The number of fused-ring (bicyclic) bond motifs is 5. The molecule has 2 N–H and O–H groups in total. The van der Waals surface area contributed by atoms with Crippen LogP contribution in [0.15, 0.2) is 0 Å². The molecule has 4 saturated carbocycles. The summed E-state index contributed by atoms with van der Waals surface area (Å²) in [7, 11) is 0. The lowest BCUT2D eigenvalue weighted by Gasteiger charge is -2.64. The Labute approximate surface area is 225 Å². The van der Waals surface area contributed by atoms with Gasteiger partial charge < -0.3 is 15.2 Å². The number of ether oxygens (including phenoxy) is 1. The molecule has 200 valence electrons. The van der Waals surface area contributed by atoms with E-state index >= 15 is 0 Å². The molecule has 0 heterocycles. The molecule has 4 aliphatic carbocycles. The van der Waals surface area contributed by atoms with Crippen molar-refractivity contribution in [1.29, 1.82) is 0 Å². The van der Waals surface area contributed by atoms with Crippen molar-refractivity contribution in [2.24, 2.45) is 52.3 Å². The lowest BCUT2D eigenvalue weighted by molar-refractivity contribution is -0.160. The number of hydrogen-bond acceptors (Lipinski definition) is 3. The van der Waals surface area contributed by atoms with Gasteiger partial charge in [-0.25, -0.2) is 4.79 Å². The molecule has 0 spiro atoms. The molecule has 0 unspecified atom stereocenters. The first-order chi connectivity index (χ1) is 16.3. The molecule has 5 nitrogen and oxygen atoms in total. The molecule has 4 fully saturated rings. The molecule has 0 aliphatic heterocycles. The number of amides is 1. The van der Waals surface area contributed by atoms with Gasteiger partial charge in [0.2, 0.25) is 3.79 Å². The van der Waals surface area contributed by atoms with Crippen molar-refractivity contribution in [3.63, 3.8) is 0 Å². The lowest BCUT2D eigenvalue weighted by atomic mass is 9.42. The smallest absolute Gasteiger partial charge is 0.407 e. The van der Waals surface area contributed by atoms with Crippen LogP contribution < -0.4 is 5.32 Å². The van der Waals surface area contributed by atoms with Gasteiger partial charge in [0.05, 0.1) is 5.92 Å². The second kappa shape index (κ2) is 10.1. The second-order valence-corrected chi connectivity index (χ2v) is 15.0. The van der Waals surface area contributed by atoms with Crippen molar-refractivity contribution < 1.29 is 19.4 Å². The summed E-state index contributed by atoms with van der Waals surface area (Å²) in [6.07, 6.45) is 8.95. The Bertz CT molecular complexity index is 819. The highest BCUT2D eigenvalue weighted by Crippen LogP contribution is 2.68. The van der Waals surface area contributed by atoms with Gasteiger partial charge in [0.15, 0.2) is 0 Å². The molecule has 8 heteroatoms. The van der Waals surface area contributed by atoms with Crippen LogP contribution in [0, 0.1) is 52.3 Å². The maximum Gasteiger partial charge on any atom is 0.407 e. The predicted molar refractivity (Wildman–Crippen MR) is 140 cm³/mol. The van der Waals surface area contributed by atoms with E-state index in [2.05, 4.69) is 33.0 Å². The molecule has 1 amide bonds. The third-order valence-electron chi connectivity index (χ3n) is 11.0. The van der Waals surface area contributed by atoms with Crippen molar-refractivity contribution in [1.82, 2.24) is 5.32 Å². The van der Waals surface area contributed by atoms with Crippen LogP contribution in [0.2, 0.25) is 0 Å². The summed E-state index contributed by atoms with van der Waals surface area (Å²) in [4.78, 5) is 25.2. The van der Waals surface area contributed by atoms with Crippen LogP contribution in [0.1, 0.15) is 85.5 Å². The molecular weight excluding hydrogens is 509 g/mol. The fraction of sp³-hybridized carbons (Fsp3) is 0.926. The lowest BCUT2D eigenvalue weighted by Crippen LogP contribution is -2.63. The summed E-state index contributed by atoms with van der Waals surface area (Å²) in [6, 6.07) is -0.146. The highest BCUT2D eigenvalue weighted by Gasteiger charge is 2.65. The van der Waals surface area contributed by atoms with E-state index in [1.165, 1.54) is 32.1 Å². The zero-order valence-corrected chi connectivity index (χ0v) is 23.8. The first-order valence-electron chi connectivity index (χ1n) is 13.6. The molecular formula is C27H42Cl3NO4. The van der Waals surface area contributed by atoms with Crippen LogP contribution in [0.4, 0.5) is 4.79 Å². The Morgan fingerprint density at radius 3 is 2.29 bits per heavy atom. The average molecular weight is 551 g/mol. The number of hydrogen-bond donors (Lipinski definition) is 2. The van der Waals surface area contributed by atoms with Gasteiger partial charge in [-0.15, -0.1) is 0 Å². The Hall–Kier alpha value is -0.390. The number of carbonyl (C=O) groups is 2. The Kier molecular flexibility index (Phi) is 7.94. The molecule has 0 radical (unpaired) electrons. The maximum absolute atomic E-state index is 12.9. The molecule has 0 saturated heterocycles. The first kappa shape index (κ1) is 27.6. The first-order valence-corrected chi connectivity index (χ1v) is 14.7. The molecule has 0 aromatic carbocycles. The van der Waals surface area contributed by atoms with Gasteiger partial charge in [-0.05, 0) is 91.3 Å². The topological polar surface area (TPSA) is 75.6 Å². The summed E-state index contributed by atoms with van der Waals surface area (Å²) in [5.41, 5.74) is -0.223. The third-order valence-corrected chi connectivity index (χ3v) is 11.3. The Morgan fingerprint density at radius 1 is 1.00 bits per heavy atom. The Balaban J connectivity index is 1.67. The number of alkyl halides is 3. The normalized spacial score (nSPS) is 45.1. The third kappa shape index (κ3) is 5.04. The summed E-state index contributed by atoms with van der Waals surface area (Å²) < 4.78 is 3.62. The van der Waals surface area contributed by atoms with Crippen molar-refractivity contribution in [2.75, 3.05) is 6.61 Å². The van der Waals surface area contributed by atoms with E-state index in [4.69, 9.17) is 39.5 Å². The number of carbonyl (C=O) groups excluding carboxylic acids is 1. The van der Waals surface area contributed by atoms with E-state index in [1.807, 2.05) is 0 Å². The summed E-state index contributed by atoms with van der Waals surface area (Å²) in [5.74, 6) is 2.12. The summed E-state index contributed by atoms with van der Waals surface area (Å²) >= 11 is 17.4. The van der Waals surface area contributed by atoms with Crippen LogP contribution in [0.3, 0.4) is 0 Å². The molecule has 4 rings (SSSR count). The van der Waals surface area contributed by atoms with Crippen molar-refractivity contribution >= 4 is 46.9 Å². The van der Waals surface area contributed by atoms with Crippen LogP contribution in [0.25, 0.3) is 0 Å². The van der Waals surface area contributed by atoms with Crippen LogP contribution >= 0.6 is 34.8 Å². The van der Waals surface area contributed by atoms with Crippen LogP contribution in [0.5, 0.6) is 0 Å². The second-order valence-electron chi connectivity index (χ2n) is 12.5. The van der Waals surface area contributed by atoms with Gasteiger partial charge in [-0.1, -0.05) is 75.3 Å². The van der Waals surface area contributed by atoms with Gasteiger partial charge in [0.25, 0.3) is 0 Å². The maximum atomic E-state index is 12.9. The predicted octanol–water partition coefficient (Wildman–Crippen LogP) is 7.47. The highest BCUT2D eigenvalue weighted by molar-refractivity contribution is 6.67. The monoisotopic (exact) mass is 549 g/mol. The van der Waals surface area contributed by atoms with Gasteiger partial charge in [0.1, 0.15) is 6.61 Å². The van der Waals surface area contributed by atoms with Crippen molar-refractivity contribution in [3.8, 4) is 0 Å². The summed E-state index contributed by atoms with van der Waals surface area (Å²) in [5, 5.41) is 13.2. The van der Waals surface area contributed by atoms with Gasteiger partial charge in [0, 0.05) is 6.04 Å². The van der Waals surface area contributed by atoms with E-state index in [1.54, 1.807) is 0 Å². The Morgan fingerprint density at radius 2 is 1.69 bits per heavy atom. The van der Waals surface area contributed by atoms with Gasteiger partial charge in [-0.3, -0.25) is 4.79 Å². The highest BCUT2D eigenvalue weighted by atomic mass is 35.6. The molecule has 0 aromatic rings. The fourth-order valence-electron chi connectivity index (χ4n) is 9.58. The number of nitrogens with one attached hydrogen (secondary N) is 1. The van der Waals surface area contributed by atoms with Crippen LogP contribution in [-0.2, 0) is 9.53 Å². The van der Waals surface area contributed by atoms with E-state index in [0.717, 1.165) is 25.2 Å². The van der Waals surface area contributed by atoms with E-state index < -0.39 is 15.9 Å². The van der Waals surface area contributed by atoms with E-state index in [9.17, 15) is 14.7 Å². The van der Waals surface area contributed by atoms with Crippen molar-refractivity contribution in [3.05, 3.63) is 0 Å². The number of carboxylic acids is 1. The van der Waals surface area contributed by atoms with Gasteiger partial charge in [-0.2, -0.15) is 0 Å². The minimum absolute atomic E-state index is 0.116. The van der Waals surface area contributed by atoms with E-state index in [-0.39, 0.29) is 29.4 Å². The fourth-order valence-corrected chi connectivity index (χ4v) is 9.74. The molecule has 35 heavy (non-hydrogen) atoms. The van der Waals surface area contributed by atoms with Crippen LogP contribution in [-0.4, -0.2) is 33.6 Å². The molecule has 10 atom stereocenters. The standard InChI is InChI=1S/C27H42Cl3NO4/c1-5-15-11-17-7-8-18-19-9-10-20(23(32)33)26(19,4)13-21(31-24(34)35-14-27(28,29)30)22(18)25(17,3)12-16(15)6-2/h15-22H,5-14H2,1-4H3,(H,31,34)(H,32,33)/t15-,16-,17-,18-,19-,20+,21+,22+,25-,26-/m0/s1. The molecule has 4 aliphatic rings. The van der Waals surface area contributed by atoms with E-state index in [0.29, 0.717) is 36.0 Å². The molecule has 0 aromatic heterocycles. The largest absolute Gasteiger partial charge is 0.481 e. The SMILES string of the molecule is CC[C@H]1C[C@@H]2CC[C@@H]3[C@H]([C@H](NC(=O)OCC(Cl)(Cl)Cl)C[C@]4(C)[C@@H](C(=O)O)CC[C@@H]34)[C@@]2(C)C[C@@H]1CC. The number of aliphatic carboxylic acids is 1. The van der Waals surface area contributed by atoms with Crippen molar-refractivity contribution in [2.45, 2.75) is 95.3 Å². The quantitative estimate of drug-likeness (QED) is 0.348. The number of rotatable bonds is 5. The number of halogens is 3.